The third-order valence-corrected chi connectivity index (χ3v) is 13.3. The second kappa shape index (κ2) is 17.7. The maximum absolute atomic E-state index is 14.5. The average Bonchev–Trinajstić information content (AvgIpc) is 3.86. The van der Waals surface area contributed by atoms with Gasteiger partial charge in [-0.05, 0) is 92.5 Å². The van der Waals surface area contributed by atoms with Crippen LogP contribution in [0.25, 0.3) is 22.3 Å². The van der Waals surface area contributed by atoms with Crippen molar-refractivity contribution < 1.29 is 46.8 Å². The molecule has 5 heterocycles. The zero-order chi connectivity index (χ0) is 44.8. The van der Waals surface area contributed by atoms with Gasteiger partial charge in [-0.15, -0.1) is 0 Å². The zero-order valence-corrected chi connectivity index (χ0v) is 36.1. The van der Waals surface area contributed by atoms with Crippen LogP contribution < -0.4 is 29.0 Å². The molecule has 17 heteroatoms. The number of methoxy groups -OCH3 is 2. The first-order valence-corrected chi connectivity index (χ1v) is 22.2. The first-order valence-electron chi connectivity index (χ1n) is 22.2. The van der Waals surface area contributed by atoms with Crippen LogP contribution >= 0.6 is 0 Å². The summed E-state index contributed by atoms with van der Waals surface area (Å²) in [5.41, 5.74) is 3.89. The van der Waals surface area contributed by atoms with Gasteiger partial charge < -0.3 is 38.9 Å². The number of likely N-dealkylation sites (tertiary alicyclic amines) is 1. The van der Waals surface area contributed by atoms with Crippen molar-refractivity contribution in [3.05, 3.63) is 89.4 Å². The van der Waals surface area contributed by atoms with Crippen LogP contribution in [0.5, 0.6) is 28.7 Å². The summed E-state index contributed by atoms with van der Waals surface area (Å²) in [5.74, 6) is -0.130. The van der Waals surface area contributed by atoms with Gasteiger partial charge in [0.25, 0.3) is 5.91 Å². The number of nitrogens with zero attached hydrogens (tertiary/aromatic N) is 5. The molecule has 3 aliphatic heterocycles. The predicted octanol–water partition coefficient (Wildman–Crippen LogP) is 6.82. The molecule has 1 saturated heterocycles. The number of carbonyl (C=O) groups excluding carboxylic acids is 3. The van der Waals surface area contributed by atoms with Gasteiger partial charge >= 0.3 is 0 Å². The number of rotatable bonds is 13. The Morgan fingerprint density at radius 3 is 2.45 bits per heavy atom. The molecule has 3 atom stereocenters. The van der Waals surface area contributed by atoms with Gasteiger partial charge in [0.15, 0.2) is 34.6 Å². The van der Waals surface area contributed by atoms with Gasteiger partial charge in [0.2, 0.25) is 18.6 Å². The van der Waals surface area contributed by atoms with E-state index in [2.05, 4.69) is 20.3 Å². The minimum absolute atomic E-state index is 0.00241. The number of aromatic amines is 1. The largest absolute Gasteiger partial charge is 0.493 e. The lowest BCUT2D eigenvalue weighted by molar-refractivity contribution is -0.143. The van der Waals surface area contributed by atoms with E-state index in [1.165, 1.54) is 18.6 Å². The second-order valence-electron chi connectivity index (χ2n) is 17.3. The maximum Gasteiger partial charge on any atom is 0.255 e. The van der Waals surface area contributed by atoms with Gasteiger partial charge in [0.05, 0.1) is 49.2 Å². The molecule has 0 radical (unpaired) electrons. The molecule has 2 saturated carbocycles. The Labute approximate surface area is 373 Å². The van der Waals surface area contributed by atoms with Crippen molar-refractivity contribution in [2.45, 2.75) is 69.9 Å². The number of halogens is 2. The van der Waals surface area contributed by atoms with E-state index >= 15 is 0 Å². The lowest BCUT2D eigenvalue weighted by atomic mass is 9.73. The summed E-state index contributed by atoms with van der Waals surface area (Å²) in [6.07, 6.45) is 9.40. The number of amides is 3. The Balaban J connectivity index is 0.902. The number of H-pyrrole nitrogens is 1. The van der Waals surface area contributed by atoms with Crippen LogP contribution in [-0.4, -0.2) is 101 Å². The number of ether oxygens (including phenoxy) is 5. The normalized spacial score (nSPS) is 20.0. The van der Waals surface area contributed by atoms with Crippen molar-refractivity contribution >= 4 is 34.5 Å². The second-order valence-corrected chi connectivity index (χ2v) is 17.3. The quantitative estimate of drug-likeness (QED) is 0.128. The molecule has 3 aromatic carbocycles. The molecule has 0 spiro atoms. The maximum atomic E-state index is 14.5. The topological polar surface area (TPSA) is 170 Å². The molecular formula is C48H49F2N7O8. The third kappa shape index (κ3) is 8.16. The van der Waals surface area contributed by atoms with Crippen LogP contribution in [0.1, 0.15) is 72.9 Å². The molecule has 3 amide bonds. The van der Waals surface area contributed by atoms with Crippen LogP contribution in [-0.2, 0) is 16.0 Å². The summed E-state index contributed by atoms with van der Waals surface area (Å²) < 4.78 is 57.5. The van der Waals surface area contributed by atoms with E-state index in [9.17, 15) is 23.2 Å². The summed E-state index contributed by atoms with van der Waals surface area (Å²) in [4.78, 5) is 56.9. The summed E-state index contributed by atoms with van der Waals surface area (Å²) in [7, 11) is 3.17. The number of aromatic nitrogens is 3. The molecule has 0 bridgehead atoms. The Morgan fingerprint density at radius 2 is 1.68 bits per heavy atom. The van der Waals surface area contributed by atoms with E-state index in [1.54, 1.807) is 30.2 Å². The Kier molecular flexibility index (Phi) is 11.5. The van der Waals surface area contributed by atoms with E-state index < -0.39 is 29.5 Å². The molecule has 0 unspecified atom stereocenters. The van der Waals surface area contributed by atoms with Gasteiger partial charge in [-0.2, -0.15) is 5.10 Å². The summed E-state index contributed by atoms with van der Waals surface area (Å²) in [5, 5.41) is 9.58. The molecule has 5 aromatic rings. The molecule has 2 aliphatic carbocycles. The fourth-order valence-corrected chi connectivity index (χ4v) is 9.67. The van der Waals surface area contributed by atoms with Crippen molar-refractivity contribution in [2.24, 2.45) is 22.9 Å². The molecule has 5 aliphatic rings. The molecular weight excluding hydrogens is 841 g/mol. The van der Waals surface area contributed by atoms with Crippen molar-refractivity contribution in [1.82, 2.24) is 30.2 Å². The highest BCUT2D eigenvalue weighted by Gasteiger charge is 2.44. The highest BCUT2D eigenvalue weighted by molar-refractivity contribution is 6.09. The number of piperidine rings is 1. The minimum Gasteiger partial charge on any atom is -0.493 e. The van der Waals surface area contributed by atoms with Crippen molar-refractivity contribution in [3.8, 4) is 40.0 Å². The lowest BCUT2D eigenvalue weighted by Crippen LogP contribution is -2.55. The summed E-state index contributed by atoms with van der Waals surface area (Å²) in [6.45, 7) is 1.11. The lowest BCUT2D eigenvalue weighted by Gasteiger charge is -2.43. The molecule has 2 aromatic heterocycles. The van der Waals surface area contributed by atoms with Gasteiger partial charge in [-0.3, -0.25) is 14.4 Å². The van der Waals surface area contributed by atoms with Crippen molar-refractivity contribution in [1.29, 1.82) is 0 Å². The summed E-state index contributed by atoms with van der Waals surface area (Å²) >= 11 is 0. The van der Waals surface area contributed by atoms with Gasteiger partial charge in [-0.25, -0.2) is 23.8 Å². The Bertz CT molecular complexity index is 2700. The zero-order valence-electron chi connectivity index (χ0n) is 36.1. The fraction of sp³-hybridized carbons (Fsp3) is 0.417. The number of hydrogen-bond donors (Lipinski definition) is 2. The fourth-order valence-electron chi connectivity index (χ4n) is 9.67. The number of fused-ring (bicyclic) bond motifs is 3. The minimum atomic E-state index is -1.17. The van der Waals surface area contributed by atoms with E-state index in [4.69, 9.17) is 28.8 Å². The Hall–Kier alpha value is -6.78. The first-order chi connectivity index (χ1) is 31.7. The molecule has 2 N–H and O–H groups in total. The molecule has 10 rings (SSSR count). The van der Waals surface area contributed by atoms with E-state index in [0.717, 1.165) is 61.9 Å². The number of carbonyl (C=O) groups is 3. The average molecular weight is 890 g/mol. The Morgan fingerprint density at radius 1 is 0.892 bits per heavy atom. The van der Waals surface area contributed by atoms with E-state index in [-0.39, 0.29) is 61.2 Å². The first kappa shape index (κ1) is 42.2. The number of nitrogens with one attached hydrogen (secondary N) is 2. The predicted molar refractivity (Wildman–Crippen MR) is 233 cm³/mol. The molecule has 338 valence electrons. The highest BCUT2D eigenvalue weighted by atomic mass is 19.2. The van der Waals surface area contributed by atoms with E-state index in [1.807, 2.05) is 24.3 Å². The van der Waals surface area contributed by atoms with E-state index in [0.29, 0.717) is 76.5 Å². The standard InChI is InChI=1S/C48H49F2N7O8/c1-61-36-12-10-28(21-39(36)62-2)41-30-5-3-4-6-31(30)47(59)57(55-41)29-15-17-56(18-16-29)48(60)35(20-27-9-11-33(49)34(50)19-27)54-46(58)32-22-51-44-42(32)52-24-53-43(44)40-37(63-23-26-7-8-26)13-14-38-45(40)65-25-64-38/h9-14,19,21-22,24,26,29-31,35,51H,3-8,15-18,20,23,25H2,1-2H3,(H,54,58)/t30-,31+,35+/m0/s1. The highest BCUT2D eigenvalue weighted by Crippen LogP contribution is 2.48. The molecule has 15 nitrogen and oxygen atoms in total. The molecule has 3 fully saturated rings. The number of hydrogen-bond acceptors (Lipinski definition) is 11. The summed E-state index contributed by atoms with van der Waals surface area (Å²) in [6, 6.07) is 11.3. The van der Waals surface area contributed by atoms with Gasteiger partial charge in [0, 0.05) is 43.1 Å². The van der Waals surface area contributed by atoms with Crippen LogP contribution in [0.15, 0.2) is 66.2 Å². The van der Waals surface area contributed by atoms with Crippen molar-refractivity contribution in [3.63, 3.8) is 0 Å². The van der Waals surface area contributed by atoms with Crippen LogP contribution in [0.4, 0.5) is 8.78 Å². The number of hydrazone groups is 1. The SMILES string of the molecule is COc1ccc(C2=NN(C3CCN(C(=O)[C@@H](Cc4ccc(F)c(F)c4)NC(=O)c4c[nH]c5c(-c6c(OCC7CC7)ccc7c6OCO7)ncnc45)CC3)C(=O)[C@@H]3CCCC[C@H]23)cc1OC. The van der Waals surface area contributed by atoms with Crippen LogP contribution in [0, 0.1) is 29.4 Å². The van der Waals surface area contributed by atoms with Crippen LogP contribution in [0.2, 0.25) is 0 Å². The van der Waals surface area contributed by atoms with Gasteiger partial charge in [-0.1, -0.05) is 18.9 Å². The molecule has 65 heavy (non-hydrogen) atoms. The number of benzene rings is 3. The van der Waals surface area contributed by atoms with Crippen molar-refractivity contribution in [2.75, 3.05) is 40.7 Å². The smallest absolute Gasteiger partial charge is 0.255 e. The van der Waals surface area contributed by atoms with Gasteiger partial charge in [0.1, 0.15) is 29.3 Å². The third-order valence-electron chi connectivity index (χ3n) is 13.3. The van der Waals surface area contributed by atoms with Crippen LogP contribution in [0.3, 0.4) is 0 Å². The monoisotopic (exact) mass is 889 g/mol.